The molecule has 5 heteroatoms. The Kier molecular flexibility index (Phi) is 4.49. The molecule has 2 aromatic rings. The number of hydrogen-bond acceptors (Lipinski definition) is 4. The summed E-state index contributed by atoms with van der Waals surface area (Å²) in [5.74, 6) is 0.375. The number of ether oxygens (including phenoxy) is 1. The maximum Gasteiger partial charge on any atom is 0.277 e. The highest BCUT2D eigenvalue weighted by molar-refractivity contribution is 7.08. The number of hydrogen-bond donors (Lipinski definition) is 1. The average molecular weight is 260 g/mol. The van der Waals surface area contributed by atoms with E-state index in [1.54, 1.807) is 29.7 Å². The molecule has 4 nitrogen and oxygen atoms in total. The van der Waals surface area contributed by atoms with Crippen LogP contribution < -0.4 is 10.2 Å². The van der Waals surface area contributed by atoms with E-state index in [2.05, 4.69) is 10.5 Å². The Bertz CT molecular complexity index is 509. The molecule has 0 aliphatic rings. The zero-order valence-corrected chi connectivity index (χ0v) is 10.4. The molecule has 0 bridgehead atoms. The van der Waals surface area contributed by atoms with Gasteiger partial charge in [-0.05, 0) is 29.0 Å². The fourth-order valence-corrected chi connectivity index (χ4v) is 1.84. The third-order valence-corrected chi connectivity index (χ3v) is 2.76. The summed E-state index contributed by atoms with van der Waals surface area (Å²) in [5.41, 5.74) is 3.36. The number of nitrogens with zero attached hydrogens (tertiary/aromatic N) is 1. The molecule has 0 atom stereocenters. The molecule has 92 valence electrons. The van der Waals surface area contributed by atoms with E-state index < -0.39 is 0 Å². The Morgan fingerprint density at radius 3 is 2.89 bits per heavy atom. The summed E-state index contributed by atoms with van der Waals surface area (Å²) in [6.07, 6.45) is 1.59. The zero-order chi connectivity index (χ0) is 12.6. The highest BCUT2D eigenvalue weighted by Gasteiger charge is 2.00. The van der Waals surface area contributed by atoms with Gasteiger partial charge in [0.05, 0.1) is 6.21 Å². The van der Waals surface area contributed by atoms with E-state index in [1.165, 1.54) is 0 Å². The first-order chi connectivity index (χ1) is 8.84. The molecule has 0 aliphatic carbocycles. The molecule has 1 aromatic heterocycles. The molecule has 0 unspecified atom stereocenters. The highest BCUT2D eigenvalue weighted by atomic mass is 32.1. The van der Waals surface area contributed by atoms with E-state index in [4.69, 9.17) is 4.74 Å². The number of carbonyl (C=O) groups excluding carboxylic acids is 1. The standard InChI is InChI=1S/C13H12N2O2S/c16-13(9-17-12-4-2-1-3-5-12)15-14-8-11-6-7-18-10-11/h1-8,10H,9H2,(H,15,16)/b14-8+. The first kappa shape index (κ1) is 12.3. The van der Waals surface area contributed by atoms with Crippen LogP contribution in [0.4, 0.5) is 0 Å². The lowest BCUT2D eigenvalue weighted by atomic mass is 10.3. The number of para-hydroxylation sites is 1. The van der Waals surface area contributed by atoms with E-state index >= 15 is 0 Å². The second-order valence-corrected chi connectivity index (χ2v) is 4.23. The summed E-state index contributed by atoms with van der Waals surface area (Å²) >= 11 is 1.58. The van der Waals surface area contributed by atoms with Gasteiger partial charge in [-0.1, -0.05) is 18.2 Å². The monoisotopic (exact) mass is 260 g/mol. The molecule has 1 N–H and O–H groups in total. The van der Waals surface area contributed by atoms with Gasteiger partial charge >= 0.3 is 0 Å². The number of amides is 1. The predicted octanol–water partition coefficient (Wildman–Crippen LogP) is 2.28. The fourth-order valence-electron chi connectivity index (χ4n) is 1.23. The van der Waals surface area contributed by atoms with Crippen molar-refractivity contribution in [3.63, 3.8) is 0 Å². The summed E-state index contributed by atoms with van der Waals surface area (Å²) in [6.45, 7) is -0.0506. The summed E-state index contributed by atoms with van der Waals surface area (Å²) in [7, 11) is 0. The molecule has 1 amide bonds. The number of nitrogens with one attached hydrogen (secondary N) is 1. The molecule has 0 saturated carbocycles. The molecule has 1 aromatic carbocycles. The van der Waals surface area contributed by atoms with Crippen molar-refractivity contribution in [3.8, 4) is 5.75 Å². The van der Waals surface area contributed by atoms with Crippen LogP contribution in [0, 0.1) is 0 Å². The van der Waals surface area contributed by atoms with E-state index in [-0.39, 0.29) is 12.5 Å². The van der Waals surface area contributed by atoms with Crippen molar-refractivity contribution in [1.29, 1.82) is 0 Å². The van der Waals surface area contributed by atoms with Gasteiger partial charge in [0.1, 0.15) is 5.75 Å². The Morgan fingerprint density at radius 1 is 1.33 bits per heavy atom. The minimum Gasteiger partial charge on any atom is -0.484 e. The average Bonchev–Trinajstić information content (AvgIpc) is 2.91. The van der Waals surface area contributed by atoms with Crippen LogP contribution in [0.1, 0.15) is 5.56 Å². The summed E-state index contributed by atoms with van der Waals surface area (Å²) in [5, 5.41) is 7.71. The van der Waals surface area contributed by atoms with Crippen molar-refractivity contribution >= 4 is 23.5 Å². The summed E-state index contributed by atoms with van der Waals surface area (Å²) in [4.78, 5) is 11.4. The summed E-state index contributed by atoms with van der Waals surface area (Å²) < 4.78 is 5.27. The second-order valence-electron chi connectivity index (χ2n) is 3.45. The molecule has 0 saturated heterocycles. The lowest BCUT2D eigenvalue weighted by Crippen LogP contribution is -2.24. The van der Waals surface area contributed by atoms with Crippen molar-refractivity contribution in [3.05, 3.63) is 52.7 Å². The maximum atomic E-state index is 11.4. The lowest BCUT2D eigenvalue weighted by Gasteiger charge is -2.03. The number of hydrazone groups is 1. The summed E-state index contributed by atoms with van der Waals surface area (Å²) in [6, 6.07) is 11.1. The van der Waals surface area contributed by atoms with Gasteiger partial charge in [0, 0.05) is 5.56 Å². The normalized spacial score (nSPS) is 10.4. The molecule has 2 rings (SSSR count). The topological polar surface area (TPSA) is 50.7 Å². The Morgan fingerprint density at radius 2 is 2.17 bits per heavy atom. The van der Waals surface area contributed by atoms with E-state index in [0.29, 0.717) is 5.75 Å². The molecule has 0 aliphatic heterocycles. The maximum absolute atomic E-state index is 11.4. The van der Waals surface area contributed by atoms with Gasteiger partial charge in [-0.25, -0.2) is 5.43 Å². The molecule has 0 fully saturated rings. The largest absolute Gasteiger partial charge is 0.484 e. The third-order valence-electron chi connectivity index (χ3n) is 2.06. The van der Waals surface area contributed by atoms with Crippen LogP contribution in [0.25, 0.3) is 0 Å². The van der Waals surface area contributed by atoms with Crippen LogP contribution in [0.3, 0.4) is 0 Å². The van der Waals surface area contributed by atoms with Crippen LogP contribution in [0.2, 0.25) is 0 Å². The third kappa shape index (κ3) is 4.03. The van der Waals surface area contributed by atoms with Gasteiger partial charge in [0.2, 0.25) is 0 Å². The predicted molar refractivity (Wildman–Crippen MR) is 72.0 cm³/mol. The van der Waals surface area contributed by atoms with Crippen molar-refractivity contribution in [2.24, 2.45) is 5.10 Å². The van der Waals surface area contributed by atoms with Crippen LogP contribution in [-0.4, -0.2) is 18.7 Å². The Labute approximate surface area is 109 Å². The minimum atomic E-state index is -0.287. The van der Waals surface area contributed by atoms with Crippen molar-refractivity contribution in [1.82, 2.24) is 5.43 Å². The molecular formula is C13H12N2O2S. The lowest BCUT2D eigenvalue weighted by molar-refractivity contribution is -0.123. The number of benzene rings is 1. The molecule has 18 heavy (non-hydrogen) atoms. The fraction of sp³-hybridized carbons (Fsp3) is 0.0769. The Hall–Kier alpha value is -2.14. The van der Waals surface area contributed by atoms with Crippen LogP contribution in [-0.2, 0) is 4.79 Å². The van der Waals surface area contributed by atoms with Crippen LogP contribution >= 0.6 is 11.3 Å². The van der Waals surface area contributed by atoms with Crippen LogP contribution in [0.5, 0.6) is 5.75 Å². The van der Waals surface area contributed by atoms with Crippen molar-refractivity contribution < 1.29 is 9.53 Å². The minimum absolute atomic E-state index is 0.0506. The zero-order valence-electron chi connectivity index (χ0n) is 9.58. The smallest absolute Gasteiger partial charge is 0.277 e. The number of rotatable bonds is 5. The van der Waals surface area contributed by atoms with Gasteiger partial charge in [-0.2, -0.15) is 16.4 Å². The first-order valence-electron chi connectivity index (χ1n) is 5.36. The van der Waals surface area contributed by atoms with Crippen LogP contribution in [0.15, 0.2) is 52.3 Å². The van der Waals surface area contributed by atoms with Crippen molar-refractivity contribution in [2.75, 3.05) is 6.61 Å². The van der Waals surface area contributed by atoms with E-state index in [9.17, 15) is 4.79 Å². The molecular weight excluding hydrogens is 248 g/mol. The SMILES string of the molecule is O=C(COc1ccccc1)N/N=C/c1ccsc1. The van der Waals surface area contributed by atoms with Gasteiger partial charge in [0.25, 0.3) is 5.91 Å². The second kappa shape index (κ2) is 6.56. The van der Waals surface area contributed by atoms with Gasteiger partial charge in [0.15, 0.2) is 6.61 Å². The van der Waals surface area contributed by atoms with E-state index in [1.807, 2.05) is 35.0 Å². The molecule has 0 spiro atoms. The highest BCUT2D eigenvalue weighted by Crippen LogP contribution is 2.07. The molecule has 1 heterocycles. The van der Waals surface area contributed by atoms with Crippen molar-refractivity contribution in [2.45, 2.75) is 0 Å². The Balaban J connectivity index is 1.73. The van der Waals surface area contributed by atoms with Gasteiger partial charge < -0.3 is 4.74 Å². The van der Waals surface area contributed by atoms with E-state index in [0.717, 1.165) is 5.56 Å². The van der Waals surface area contributed by atoms with Gasteiger partial charge in [-0.15, -0.1) is 0 Å². The first-order valence-corrected chi connectivity index (χ1v) is 6.31. The van der Waals surface area contributed by atoms with Gasteiger partial charge in [-0.3, -0.25) is 4.79 Å². The quantitative estimate of drug-likeness (QED) is 0.662. The molecule has 0 radical (unpaired) electrons. The number of carbonyl (C=O) groups is 1. The number of thiophene rings is 1.